The van der Waals surface area contributed by atoms with Crippen LogP contribution in [-0.4, -0.2) is 28.9 Å². The van der Waals surface area contributed by atoms with Gasteiger partial charge in [0.15, 0.2) is 0 Å². The third-order valence-corrected chi connectivity index (χ3v) is 7.79. The first kappa shape index (κ1) is 18.9. The first-order valence-corrected chi connectivity index (χ1v) is 11.0. The number of hydrogen-bond acceptors (Lipinski definition) is 3. The molecule has 0 aromatic heterocycles. The summed E-state index contributed by atoms with van der Waals surface area (Å²) < 4.78 is 5.79. The summed E-state index contributed by atoms with van der Waals surface area (Å²) in [7, 11) is 0. The molecule has 4 nitrogen and oxygen atoms in total. The van der Waals surface area contributed by atoms with Gasteiger partial charge in [-0.1, -0.05) is 23.2 Å². The van der Waals surface area contributed by atoms with E-state index in [9.17, 15) is 9.90 Å². The maximum absolute atomic E-state index is 13.0. The van der Waals surface area contributed by atoms with Crippen molar-refractivity contribution in [2.24, 2.45) is 28.2 Å². The van der Waals surface area contributed by atoms with Crippen LogP contribution in [0, 0.1) is 23.2 Å². The van der Waals surface area contributed by atoms with Gasteiger partial charge in [-0.05, 0) is 75.5 Å². The van der Waals surface area contributed by atoms with Crippen molar-refractivity contribution in [3.8, 4) is 5.75 Å². The number of aliphatic hydroxyl groups is 1. The van der Waals surface area contributed by atoms with Gasteiger partial charge in [0.2, 0.25) is 0 Å². The molecule has 1 aromatic rings. The molecule has 1 aromatic carbocycles. The summed E-state index contributed by atoms with van der Waals surface area (Å²) in [6.07, 6.45) is 7.12. The van der Waals surface area contributed by atoms with Crippen molar-refractivity contribution in [3.05, 3.63) is 28.2 Å². The van der Waals surface area contributed by atoms with Gasteiger partial charge in [-0.3, -0.25) is 4.79 Å². The molecule has 0 radical (unpaired) electrons. The Hall–Kier alpha value is -1.10. The lowest BCUT2D eigenvalue weighted by molar-refractivity contribution is -0.123. The molecule has 5 aliphatic carbocycles. The van der Waals surface area contributed by atoms with Gasteiger partial charge in [0.05, 0.1) is 22.6 Å². The Labute approximate surface area is 175 Å². The fraction of sp³-hybridized carbons (Fsp3) is 0.636. The van der Waals surface area contributed by atoms with E-state index >= 15 is 0 Å². The van der Waals surface area contributed by atoms with Crippen LogP contribution in [0.1, 0.15) is 51.4 Å². The van der Waals surface area contributed by atoms with Crippen LogP contribution >= 0.6 is 23.2 Å². The van der Waals surface area contributed by atoms with Gasteiger partial charge < -0.3 is 9.84 Å². The maximum Gasteiger partial charge on any atom is 0.251 e. The van der Waals surface area contributed by atoms with Crippen LogP contribution in [0.3, 0.4) is 0 Å². The molecule has 28 heavy (non-hydrogen) atoms. The van der Waals surface area contributed by atoms with Crippen molar-refractivity contribution in [1.82, 2.24) is 0 Å². The molecule has 5 aliphatic rings. The van der Waals surface area contributed by atoms with E-state index < -0.39 is 5.60 Å². The van der Waals surface area contributed by atoms with Gasteiger partial charge in [0.1, 0.15) is 5.75 Å². The first-order valence-electron chi connectivity index (χ1n) is 10.3. The second-order valence-corrected chi connectivity index (χ2v) is 10.2. The van der Waals surface area contributed by atoms with E-state index in [4.69, 9.17) is 27.9 Å². The smallest absolute Gasteiger partial charge is 0.251 e. The Morgan fingerprint density at radius 1 is 1.18 bits per heavy atom. The summed E-state index contributed by atoms with van der Waals surface area (Å²) in [6.45, 7) is 0.437. The van der Waals surface area contributed by atoms with Crippen LogP contribution in [0.4, 0.5) is 0 Å². The summed E-state index contributed by atoms with van der Waals surface area (Å²) in [4.78, 5) is 17.7. The zero-order valence-corrected chi connectivity index (χ0v) is 17.3. The summed E-state index contributed by atoms with van der Waals surface area (Å²) >= 11 is 12.1. The quantitative estimate of drug-likeness (QED) is 0.720. The molecule has 1 amide bonds. The van der Waals surface area contributed by atoms with Gasteiger partial charge in [-0.25, -0.2) is 4.99 Å². The second kappa shape index (κ2) is 6.72. The number of nitrogens with zero attached hydrogens (tertiary/aromatic N) is 1. The van der Waals surface area contributed by atoms with E-state index in [1.54, 1.807) is 18.2 Å². The maximum atomic E-state index is 13.0. The van der Waals surface area contributed by atoms with E-state index in [1.807, 2.05) is 0 Å². The van der Waals surface area contributed by atoms with Crippen molar-refractivity contribution < 1.29 is 14.6 Å². The highest BCUT2D eigenvalue weighted by Crippen LogP contribution is 2.55. The number of carbonyl (C=O) groups is 1. The molecule has 5 fully saturated rings. The van der Waals surface area contributed by atoms with Crippen LogP contribution in [0.5, 0.6) is 5.75 Å². The number of halogens is 2. The summed E-state index contributed by atoms with van der Waals surface area (Å²) in [5.41, 5.74) is 0.220. The third kappa shape index (κ3) is 3.38. The third-order valence-electron chi connectivity index (χ3n) is 7.26. The molecular formula is C22H25Cl2NO3. The molecule has 4 bridgehead atoms. The van der Waals surface area contributed by atoms with Crippen LogP contribution in [0.2, 0.25) is 10.0 Å². The van der Waals surface area contributed by atoms with Gasteiger partial charge in [-0.15, -0.1) is 0 Å². The van der Waals surface area contributed by atoms with Gasteiger partial charge in [0, 0.05) is 22.6 Å². The Bertz CT molecular complexity index is 830. The number of amides is 1. The number of carbonyl (C=O) groups excluding carboxylic acids is 1. The zero-order valence-electron chi connectivity index (χ0n) is 15.8. The normalized spacial score (nSPS) is 34.4. The number of ether oxygens (including phenoxy) is 1. The van der Waals surface area contributed by atoms with E-state index in [2.05, 4.69) is 4.99 Å². The second-order valence-electron chi connectivity index (χ2n) is 9.36. The highest BCUT2D eigenvalue weighted by molar-refractivity contribution is 6.35. The fourth-order valence-corrected chi connectivity index (χ4v) is 6.27. The van der Waals surface area contributed by atoms with E-state index in [1.165, 1.54) is 0 Å². The first-order chi connectivity index (χ1) is 13.4. The average Bonchev–Trinajstić information content (AvgIpc) is 3.39. The molecule has 6 rings (SSSR count). The SMILES string of the molecule is O=C(N=C1C2CC3CC1CC(O)(C3)C2)C1(CCOc2ccc(Cl)cc2Cl)CC1. The van der Waals surface area contributed by atoms with Crippen LogP contribution < -0.4 is 4.74 Å². The van der Waals surface area contributed by atoms with Crippen LogP contribution in [-0.2, 0) is 4.79 Å². The molecule has 150 valence electrons. The monoisotopic (exact) mass is 421 g/mol. The van der Waals surface area contributed by atoms with Gasteiger partial charge >= 0.3 is 0 Å². The molecule has 6 heteroatoms. The minimum Gasteiger partial charge on any atom is -0.492 e. The molecule has 2 atom stereocenters. The van der Waals surface area contributed by atoms with Gasteiger partial charge in [0.25, 0.3) is 5.91 Å². The zero-order chi connectivity index (χ0) is 19.5. The highest BCUT2D eigenvalue weighted by Gasteiger charge is 2.55. The molecule has 0 heterocycles. The summed E-state index contributed by atoms with van der Waals surface area (Å²) in [5.74, 6) is 1.84. The van der Waals surface area contributed by atoms with Crippen LogP contribution in [0.25, 0.3) is 0 Å². The molecule has 2 unspecified atom stereocenters. The fourth-order valence-electron chi connectivity index (χ4n) is 5.81. The van der Waals surface area contributed by atoms with Crippen molar-refractivity contribution in [1.29, 1.82) is 0 Å². The minimum absolute atomic E-state index is 0.0211. The number of hydrogen-bond donors (Lipinski definition) is 1. The Morgan fingerprint density at radius 2 is 1.89 bits per heavy atom. The van der Waals surface area contributed by atoms with Crippen molar-refractivity contribution in [2.75, 3.05) is 6.61 Å². The van der Waals surface area contributed by atoms with Crippen molar-refractivity contribution in [2.45, 2.75) is 57.0 Å². The standard InChI is InChI=1S/C22H25Cl2NO3/c23-16-1-2-18(17(24)9-16)28-6-5-21(3-4-21)20(26)25-19-14-7-13-8-15(19)12-22(27,10-13)11-14/h1-2,9,13-15,27H,3-8,10-12H2. The lowest BCUT2D eigenvalue weighted by Crippen LogP contribution is -2.55. The Balaban J connectivity index is 1.24. The average molecular weight is 422 g/mol. The number of aliphatic imine (C=N–C) groups is 1. The van der Waals surface area contributed by atoms with E-state index in [-0.39, 0.29) is 11.3 Å². The molecule has 0 aliphatic heterocycles. The predicted molar refractivity (Wildman–Crippen MR) is 109 cm³/mol. The van der Waals surface area contributed by atoms with E-state index in [0.29, 0.717) is 46.6 Å². The van der Waals surface area contributed by atoms with Gasteiger partial charge in [-0.2, -0.15) is 0 Å². The topological polar surface area (TPSA) is 58.9 Å². The van der Waals surface area contributed by atoms with Crippen molar-refractivity contribution >= 4 is 34.8 Å². The predicted octanol–water partition coefficient (Wildman–Crippen LogP) is 5.08. The van der Waals surface area contributed by atoms with Crippen molar-refractivity contribution in [3.63, 3.8) is 0 Å². The summed E-state index contributed by atoms with van der Waals surface area (Å²) in [5, 5.41) is 11.8. The Kier molecular flexibility index (Phi) is 4.53. The Morgan fingerprint density at radius 3 is 2.50 bits per heavy atom. The number of rotatable bonds is 5. The minimum atomic E-state index is -0.498. The molecule has 0 spiro atoms. The molecule has 1 N–H and O–H groups in total. The number of benzene rings is 1. The molecule has 5 saturated carbocycles. The lowest BCUT2D eigenvalue weighted by Gasteiger charge is -2.54. The summed E-state index contributed by atoms with van der Waals surface area (Å²) in [6, 6.07) is 5.15. The van der Waals surface area contributed by atoms with Crippen LogP contribution in [0.15, 0.2) is 23.2 Å². The lowest BCUT2D eigenvalue weighted by atomic mass is 9.53. The highest BCUT2D eigenvalue weighted by atomic mass is 35.5. The molecule has 0 saturated heterocycles. The largest absolute Gasteiger partial charge is 0.492 e. The van der Waals surface area contributed by atoms with E-state index in [0.717, 1.165) is 50.7 Å². The molecular weight excluding hydrogens is 397 g/mol.